The number of fused-ring (bicyclic) bond motifs is 1. The molecule has 0 aromatic heterocycles. The van der Waals surface area contributed by atoms with Crippen LogP contribution in [-0.2, 0) is 0 Å². The molecule has 26 heavy (non-hydrogen) atoms. The Hall–Kier alpha value is -2.97. The van der Waals surface area contributed by atoms with Crippen LogP contribution in [0.15, 0.2) is 108 Å². The third-order valence-corrected chi connectivity index (χ3v) is 5.29. The molecule has 5 rings (SSSR count). The lowest BCUT2D eigenvalue weighted by Gasteiger charge is -2.16. The summed E-state index contributed by atoms with van der Waals surface area (Å²) in [6.07, 6.45) is 4.20. The standard InChI is InChI=1S/C24H20N2/c1-4-10-18(11-5-1)21-16-17-25-22(19-12-6-2-7-13-19)24-23(26(21)24)20-14-8-3-9-15-20/h1-17,21,23-24H/t21-,23-,24-,26?/m1/s1. The van der Waals surface area contributed by atoms with Gasteiger partial charge >= 0.3 is 0 Å². The molecule has 0 radical (unpaired) electrons. The Balaban J connectivity index is 1.58. The Kier molecular flexibility index (Phi) is 3.76. The van der Waals surface area contributed by atoms with Crippen molar-refractivity contribution in [1.82, 2.24) is 4.90 Å². The molecular weight excluding hydrogens is 316 g/mol. The van der Waals surface area contributed by atoms with Crippen molar-refractivity contribution in [2.45, 2.75) is 18.1 Å². The summed E-state index contributed by atoms with van der Waals surface area (Å²) in [5, 5.41) is 0. The first kappa shape index (κ1) is 15.3. The van der Waals surface area contributed by atoms with Gasteiger partial charge in [0, 0.05) is 6.20 Å². The molecule has 2 nitrogen and oxygen atoms in total. The van der Waals surface area contributed by atoms with Gasteiger partial charge in [0.15, 0.2) is 0 Å². The van der Waals surface area contributed by atoms with Crippen LogP contribution < -0.4 is 0 Å². The van der Waals surface area contributed by atoms with Crippen molar-refractivity contribution in [3.05, 3.63) is 120 Å². The van der Waals surface area contributed by atoms with Crippen LogP contribution in [0.4, 0.5) is 0 Å². The number of hydrogen-bond donors (Lipinski definition) is 0. The maximum atomic E-state index is 4.86. The van der Waals surface area contributed by atoms with Crippen LogP contribution in [0.25, 0.3) is 0 Å². The predicted octanol–water partition coefficient (Wildman–Crippen LogP) is 5.17. The van der Waals surface area contributed by atoms with Crippen molar-refractivity contribution in [1.29, 1.82) is 0 Å². The van der Waals surface area contributed by atoms with E-state index in [0.29, 0.717) is 12.1 Å². The Morgan fingerprint density at radius 2 is 1.19 bits per heavy atom. The van der Waals surface area contributed by atoms with Crippen molar-refractivity contribution in [3.63, 3.8) is 0 Å². The molecule has 4 atom stereocenters. The maximum Gasteiger partial charge on any atom is 0.0740 e. The predicted molar refractivity (Wildman–Crippen MR) is 106 cm³/mol. The van der Waals surface area contributed by atoms with Gasteiger partial charge in [-0.1, -0.05) is 91.0 Å². The molecule has 2 aliphatic heterocycles. The molecule has 0 spiro atoms. The molecule has 2 aliphatic rings. The normalized spacial score (nSPS) is 26.5. The van der Waals surface area contributed by atoms with Crippen LogP contribution in [0.2, 0.25) is 0 Å². The lowest BCUT2D eigenvalue weighted by molar-refractivity contribution is 0.438. The van der Waals surface area contributed by atoms with Crippen LogP contribution in [0.5, 0.6) is 0 Å². The molecule has 3 aromatic carbocycles. The molecule has 2 heterocycles. The van der Waals surface area contributed by atoms with E-state index in [2.05, 4.69) is 102 Å². The van der Waals surface area contributed by atoms with Crippen LogP contribution in [-0.4, -0.2) is 16.7 Å². The molecule has 0 N–H and O–H groups in total. The monoisotopic (exact) mass is 336 g/mol. The minimum Gasteiger partial charge on any atom is -0.273 e. The molecule has 2 heteroatoms. The van der Waals surface area contributed by atoms with E-state index in [-0.39, 0.29) is 6.04 Å². The van der Waals surface area contributed by atoms with Crippen LogP contribution >= 0.6 is 0 Å². The van der Waals surface area contributed by atoms with Gasteiger partial charge in [0.2, 0.25) is 0 Å². The number of aliphatic imine (C=N–C) groups is 1. The Bertz CT molecular complexity index is 945. The van der Waals surface area contributed by atoms with Gasteiger partial charge < -0.3 is 0 Å². The summed E-state index contributed by atoms with van der Waals surface area (Å²) in [6.45, 7) is 0. The number of nitrogens with zero attached hydrogens (tertiary/aromatic N) is 2. The molecule has 1 unspecified atom stereocenters. The van der Waals surface area contributed by atoms with Gasteiger partial charge in [0.05, 0.1) is 23.8 Å². The average Bonchev–Trinajstić information content (AvgIpc) is 3.47. The molecule has 0 bridgehead atoms. The molecule has 0 amide bonds. The summed E-state index contributed by atoms with van der Waals surface area (Å²) < 4.78 is 0. The smallest absolute Gasteiger partial charge is 0.0740 e. The van der Waals surface area contributed by atoms with Crippen molar-refractivity contribution >= 4 is 5.71 Å². The molecule has 0 aliphatic carbocycles. The highest BCUT2D eigenvalue weighted by Gasteiger charge is 2.55. The van der Waals surface area contributed by atoms with Gasteiger partial charge in [0.25, 0.3) is 0 Å². The maximum absolute atomic E-state index is 4.86. The summed E-state index contributed by atoms with van der Waals surface area (Å²) >= 11 is 0. The molecule has 1 saturated heterocycles. The zero-order valence-electron chi connectivity index (χ0n) is 14.4. The molecule has 1 fully saturated rings. The van der Waals surface area contributed by atoms with E-state index in [1.807, 2.05) is 6.20 Å². The number of benzene rings is 3. The molecular formula is C24H20N2. The zero-order chi connectivity index (χ0) is 17.3. The first-order chi connectivity index (χ1) is 12.9. The van der Waals surface area contributed by atoms with Crippen LogP contribution in [0.1, 0.15) is 28.8 Å². The quantitative estimate of drug-likeness (QED) is 0.602. The second kappa shape index (κ2) is 6.40. The third kappa shape index (κ3) is 2.59. The van der Waals surface area contributed by atoms with E-state index in [1.54, 1.807) is 0 Å². The molecule has 0 saturated carbocycles. The second-order valence-electron chi connectivity index (χ2n) is 6.82. The van der Waals surface area contributed by atoms with E-state index in [1.165, 1.54) is 16.7 Å². The van der Waals surface area contributed by atoms with Gasteiger partial charge in [-0.15, -0.1) is 0 Å². The van der Waals surface area contributed by atoms with Gasteiger partial charge in [-0.05, 0) is 22.8 Å². The Morgan fingerprint density at radius 3 is 1.85 bits per heavy atom. The minimum atomic E-state index is 0.247. The Morgan fingerprint density at radius 1 is 0.615 bits per heavy atom. The highest BCUT2D eigenvalue weighted by Crippen LogP contribution is 2.52. The number of rotatable bonds is 3. The highest BCUT2D eigenvalue weighted by atomic mass is 15.4. The van der Waals surface area contributed by atoms with E-state index >= 15 is 0 Å². The van der Waals surface area contributed by atoms with Gasteiger partial charge in [-0.2, -0.15) is 0 Å². The largest absolute Gasteiger partial charge is 0.273 e. The highest BCUT2D eigenvalue weighted by molar-refractivity contribution is 6.07. The lowest BCUT2D eigenvalue weighted by atomic mass is 10.0. The fourth-order valence-corrected chi connectivity index (χ4v) is 4.06. The fourth-order valence-electron chi connectivity index (χ4n) is 4.06. The summed E-state index contributed by atoms with van der Waals surface area (Å²) in [7, 11) is 0. The Labute approximate surface area is 154 Å². The lowest BCUT2D eigenvalue weighted by Crippen LogP contribution is -2.15. The minimum absolute atomic E-state index is 0.247. The van der Waals surface area contributed by atoms with Crippen molar-refractivity contribution in [2.75, 3.05) is 0 Å². The van der Waals surface area contributed by atoms with E-state index in [9.17, 15) is 0 Å². The van der Waals surface area contributed by atoms with E-state index < -0.39 is 0 Å². The van der Waals surface area contributed by atoms with E-state index in [4.69, 9.17) is 4.99 Å². The summed E-state index contributed by atoms with van der Waals surface area (Å²) in [4.78, 5) is 7.43. The molecule has 3 aromatic rings. The van der Waals surface area contributed by atoms with Gasteiger partial charge in [-0.3, -0.25) is 9.89 Å². The van der Waals surface area contributed by atoms with Crippen LogP contribution in [0.3, 0.4) is 0 Å². The van der Waals surface area contributed by atoms with Crippen LogP contribution in [0, 0.1) is 0 Å². The second-order valence-corrected chi connectivity index (χ2v) is 6.82. The van der Waals surface area contributed by atoms with Crippen molar-refractivity contribution in [3.8, 4) is 0 Å². The SMILES string of the molecule is C1=C[C@H](c2ccccc2)N2[C@H](C(c3ccccc3)=N1)[C@H]2c1ccccc1. The third-order valence-electron chi connectivity index (χ3n) is 5.29. The molecule has 126 valence electrons. The van der Waals surface area contributed by atoms with E-state index in [0.717, 1.165) is 5.71 Å². The van der Waals surface area contributed by atoms with Crippen molar-refractivity contribution in [2.24, 2.45) is 4.99 Å². The summed E-state index contributed by atoms with van der Waals surface area (Å²) in [5.74, 6) is 0. The summed E-state index contributed by atoms with van der Waals surface area (Å²) in [6, 6.07) is 33.0. The first-order valence-electron chi connectivity index (χ1n) is 9.10. The first-order valence-corrected chi connectivity index (χ1v) is 9.10. The topological polar surface area (TPSA) is 15.4 Å². The number of hydrogen-bond acceptors (Lipinski definition) is 2. The van der Waals surface area contributed by atoms with Crippen molar-refractivity contribution < 1.29 is 0 Å². The zero-order valence-corrected chi connectivity index (χ0v) is 14.4. The van der Waals surface area contributed by atoms with Gasteiger partial charge in [0.1, 0.15) is 0 Å². The average molecular weight is 336 g/mol. The van der Waals surface area contributed by atoms with Gasteiger partial charge in [-0.25, -0.2) is 0 Å². The summed E-state index contributed by atoms with van der Waals surface area (Å²) in [5.41, 5.74) is 5.04. The fraction of sp³-hybridized carbons (Fsp3) is 0.125.